The average Bonchev–Trinajstić information content (AvgIpc) is 2.46. The van der Waals surface area contributed by atoms with E-state index >= 15 is 0 Å². The Labute approximate surface area is 86.1 Å². The molecule has 1 aliphatic carbocycles. The second-order valence-corrected chi connectivity index (χ2v) is 5.80. The summed E-state index contributed by atoms with van der Waals surface area (Å²) in [5.74, 6) is 0. The fraction of sp³-hybridized carbons (Fsp3) is 1.00. The topological polar surface area (TPSA) is 0 Å². The van der Waals surface area contributed by atoms with Crippen LogP contribution in [-0.4, -0.2) is 5.66 Å². The van der Waals surface area contributed by atoms with E-state index in [0.717, 1.165) is 11.1 Å². The summed E-state index contributed by atoms with van der Waals surface area (Å²) in [4.78, 5) is 0. The van der Waals surface area contributed by atoms with Crippen LogP contribution in [0.25, 0.3) is 0 Å². The van der Waals surface area contributed by atoms with Gasteiger partial charge in [-0.15, -0.1) is 9.24 Å². The molecular formula is C12H25P. The minimum absolute atomic E-state index is 0.747. The molecule has 0 bridgehead atoms. The third kappa shape index (κ3) is 3.24. The van der Waals surface area contributed by atoms with Crippen LogP contribution in [0.1, 0.15) is 65.2 Å². The molecule has 0 nitrogen and oxygen atoms in total. The van der Waals surface area contributed by atoms with Crippen molar-refractivity contribution in [3.8, 4) is 0 Å². The molecule has 0 aromatic rings. The summed E-state index contributed by atoms with van der Waals surface area (Å²) >= 11 is 0. The molecule has 0 aliphatic heterocycles. The SMILES string of the molecule is CCCCC1(CCC)CCC(P)C1. The second kappa shape index (κ2) is 5.35. The molecule has 0 saturated heterocycles. The van der Waals surface area contributed by atoms with Gasteiger partial charge in [0.25, 0.3) is 0 Å². The Morgan fingerprint density at radius 2 is 2.00 bits per heavy atom. The van der Waals surface area contributed by atoms with Gasteiger partial charge in [-0.1, -0.05) is 33.1 Å². The lowest BCUT2D eigenvalue weighted by Gasteiger charge is -2.29. The van der Waals surface area contributed by atoms with Crippen molar-refractivity contribution < 1.29 is 0 Å². The molecule has 0 aromatic carbocycles. The summed E-state index contributed by atoms with van der Waals surface area (Å²) in [5, 5.41) is 0. The van der Waals surface area contributed by atoms with E-state index in [9.17, 15) is 0 Å². The average molecular weight is 200 g/mol. The van der Waals surface area contributed by atoms with Gasteiger partial charge in [0.15, 0.2) is 0 Å². The van der Waals surface area contributed by atoms with Gasteiger partial charge in [-0.25, -0.2) is 0 Å². The maximum atomic E-state index is 3.03. The van der Waals surface area contributed by atoms with Crippen molar-refractivity contribution in [1.29, 1.82) is 0 Å². The van der Waals surface area contributed by atoms with E-state index in [4.69, 9.17) is 0 Å². The number of rotatable bonds is 5. The van der Waals surface area contributed by atoms with Crippen LogP contribution in [-0.2, 0) is 0 Å². The van der Waals surface area contributed by atoms with Crippen LogP contribution < -0.4 is 0 Å². The molecule has 0 radical (unpaired) electrons. The largest absolute Gasteiger partial charge is 0.134 e. The normalized spacial score (nSPS) is 33.9. The summed E-state index contributed by atoms with van der Waals surface area (Å²) in [7, 11) is 3.03. The Kier molecular flexibility index (Phi) is 4.73. The molecule has 1 rings (SSSR count). The predicted octanol–water partition coefficient (Wildman–Crippen LogP) is 4.39. The minimum atomic E-state index is 0.747. The van der Waals surface area contributed by atoms with E-state index in [1.54, 1.807) is 0 Å². The zero-order valence-corrected chi connectivity index (χ0v) is 10.5. The molecule has 0 aromatic heterocycles. The number of unbranched alkanes of at least 4 members (excludes halogenated alkanes) is 1. The molecule has 3 atom stereocenters. The fourth-order valence-corrected chi connectivity index (χ4v) is 3.58. The van der Waals surface area contributed by atoms with E-state index in [0.29, 0.717) is 0 Å². The van der Waals surface area contributed by atoms with Crippen LogP contribution >= 0.6 is 9.24 Å². The van der Waals surface area contributed by atoms with Crippen molar-refractivity contribution in [3.05, 3.63) is 0 Å². The first-order chi connectivity index (χ1) is 6.22. The Morgan fingerprint density at radius 1 is 1.23 bits per heavy atom. The van der Waals surface area contributed by atoms with E-state index in [2.05, 4.69) is 23.1 Å². The van der Waals surface area contributed by atoms with Gasteiger partial charge in [-0.3, -0.25) is 0 Å². The lowest BCUT2D eigenvalue weighted by molar-refractivity contribution is 0.239. The van der Waals surface area contributed by atoms with E-state index in [1.165, 1.54) is 51.4 Å². The van der Waals surface area contributed by atoms with Gasteiger partial charge in [0.2, 0.25) is 0 Å². The number of hydrogen-bond donors (Lipinski definition) is 0. The fourth-order valence-electron chi connectivity index (χ4n) is 2.91. The first-order valence-corrected chi connectivity index (χ1v) is 6.64. The molecule has 3 unspecified atom stereocenters. The second-order valence-electron chi connectivity index (χ2n) is 4.86. The van der Waals surface area contributed by atoms with Crippen LogP contribution in [0, 0.1) is 5.41 Å². The van der Waals surface area contributed by atoms with Gasteiger partial charge in [0.05, 0.1) is 0 Å². The van der Waals surface area contributed by atoms with Crippen molar-refractivity contribution in [1.82, 2.24) is 0 Å². The van der Waals surface area contributed by atoms with Crippen molar-refractivity contribution in [2.45, 2.75) is 70.9 Å². The zero-order valence-electron chi connectivity index (χ0n) is 9.31. The number of hydrogen-bond acceptors (Lipinski definition) is 0. The molecule has 78 valence electrons. The van der Waals surface area contributed by atoms with E-state index in [-0.39, 0.29) is 0 Å². The molecule has 0 amide bonds. The molecule has 0 spiro atoms. The summed E-state index contributed by atoms with van der Waals surface area (Å²) in [6.07, 6.45) is 11.6. The monoisotopic (exact) mass is 200 g/mol. The smallest absolute Gasteiger partial charge is 0.0259 e. The molecule has 1 fully saturated rings. The maximum absolute atomic E-state index is 3.03. The van der Waals surface area contributed by atoms with Crippen LogP contribution in [0.15, 0.2) is 0 Å². The van der Waals surface area contributed by atoms with Gasteiger partial charge < -0.3 is 0 Å². The summed E-state index contributed by atoms with van der Waals surface area (Å²) in [6.45, 7) is 4.65. The quantitative estimate of drug-likeness (QED) is 0.577. The third-order valence-corrected chi connectivity index (χ3v) is 4.15. The van der Waals surface area contributed by atoms with Gasteiger partial charge in [0, 0.05) is 0 Å². The Balaban J connectivity index is 2.44. The van der Waals surface area contributed by atoms with Gasteiger partial charge in [-0.2, -0.15) is 0 Å². The standard InChI is InChI=1S/C12H25P/c1-3-5-8-12(7-4-2)9-6-11(13)10-12/h11H,3-10,13H2,1-2H3. The van der Waals surface area contributed by atoms with Crippen molar-refractivity contribution in [2.75, 3.05) is 0 Å². The Morgan fingerprint density at radius 3 is 2.46 bits per heavy atom. The molecule has 0 heterocycles. The summed E-state index contributed by atoms with van der Waals surface area (Å²) in [5.41, 5.74) is 1.67. The molecule has 1 saturated carbocycles. The lowest BCUT2D eigenvalue weighted by atomic mass is 9.77. The molecule has 13 heavy (non-hydrogen) atoms. The molecule has 1 aliphatic rings. The van der Waals surface area contributed by atoms with Crippen molar-refractivity contribution >= 4 is 9.24 Å². The Hall–Kier alpha value is 0.430. The third-order valence-electron chi connectivity index (χ3n) is 3.58. The van der Waals surface area contributed by atoms with Crippen LogP contribution in [0.4, 0.5) is 0 Å². The first-order valence-electron chi connectivity index (χ1n) is 5.98. The van der Waals surface area contributed by atoms with Crippen molar-refractivity contribution in [3.63, 3.8) is 0 Å². The highest BCUT2D eigenvalue weighted by atomic mass is 31.0. The van der Waals surface area contributed by atoms with Crippen LogP contribution in [0.2, 0.25) is 0 Å². The predicted molar refractivity (Wildman–Crippen MR) is 64.2 cm³/mol. The highest BCUT2D eigenvalue weighted by Gasteiger charge is 2.35. The van der Waals surface area contributed by atoms with Crippen molar-refractivity contribution in [2.24, 2.45) is 5.41 Å². The maximum Gasteiger partial charge on any atom is -0.0259 e. The molecule has 1 heteroatoms. The van der Waals surface area contributed by atoms with Crippen LogP contribution in [0.3, 0.4) is 0 Å². The summed E-state index contributed by atoms with van der Waals surface area (Å²) in [6, 6.07) is 0. The van der Waals surface area contributed by atoms with Gasteiger partial charge >= 0.3 is 0 Å². The first kappa shape index (κ1) is 11.5. The molecular weight excluding hydrogens is 175 g/mol. The lowest BCUT2D eigenvalue weighted by Crippen LogP contribution is -2.16. The highest BCUT2D eigenvalue weighted by Crippen LogP contribution is 2.48. The summed E-state index contributed by atoms with van der Waals surface area (Å²) < 4.78 is 0. The van der Waals surface area contributed by atoms with Gasteiger partial charge in [0.1, 0.15) is 0 Å². The zero-order chi connectivity index (χ0) is 9.73. The van der Waals surface area contributed by atoms with E-state index in [1.807, 2.05) is 0 Å². The molecule has 0 N–H and O–H groups in total. The minimum Gasteiger partial charge on any atom is -0.134 e. The highest BCUT2D eigenvalue weighted by molar-refractivity contribution is 7.17. The van der Waals surface area contributed by atoms with E-state index < -0.39 is 0 Å². The van der Waals surface area contributed by atoms with Crippen LogP contribution in [0.5, 0.6) is 0 Å². The van der Waals surface area contributed by atoms with Gasteiger partial charge in [-0.05, 0) is 43.2 Å². The Bertz CT molecular complexity index is 140.